The highest BCUT2D eigenvalue weighted by Gasteiger charge is 2.02. The number of amides is 4. The molecular weight excluding hydrogens is 324 g/mol. The van der Waals surface area contributed by atoms with Gasteiger partial charge in [0.1, 0.15) is 0 Å². The van der Waals surface area contributed by atoms with E-state index < -0.39 is 12.1 Å². The van der Waals surface area contributed by atoms with Gasteiger partial charge in [0.15, 0.2) is 0 Å². The number of carbonyl (C=O) groups is 2. The van der Waals surface area contributed by atoms with Crippen molar-refractivity contribution >= 4 is 23.4 Å². The molecule has 0 aliphatic rings. The number of urea groups is 2. The maximum atomic E-state index is 11.1. The van der Waals surface area contributed by atoms with Crippen molar-refractivity contribution in [2.24, 2.45) is 10.2 Å². The summed E-state index contributed by atoms with van der Waals surface area (Å²) in [7, 11) is 0. The maximum Gasteiger partial charge on any atom is 0.312 e. The summed E-state index contributed by atoms with van der Waals surface area (Å²) < 4.78 is 0. The summed E-state index contributed by atoms with van der Waals surface area (Å²) in [6.07, 6.45) is 0.648. The summed E-state index contributed by atoms with van der Waals surface area (Å²) in [5, 5.41) is 10.7. The summed E-state index contributed by atoms with van der Waals surface area (Å²) in [6.45, 7) is 0. The molecule has 2 aromatic rings. The third-order valence-corrected chi connectivity index (χ3v) is 3.09. The van der Waals surface area contributed by atoms with Gasteiger partial charge in [-0.1, -0.05) is 24.3 Å². The van der Waals surface area contributed by atoms with E-state index in [-0.39, 0.29) is 0 Å². The molecule has 0 bridgehead atoms. The lowest BCUT2D eigenvalue weighted by molar-refractivity contribution is 0.258. The number of benzene rings is 2. The van der Waals surface area contributed by atoms with Gasteiger partial charge < -0.3 is 10.6 Å². The van der Waals surface area contributed by atoms with Gasteiger partial charge in [-0.15, -0.1) is 0 Å². The van der Waals surface area contributed by atoms with Crippen molar-refractivity contribution in [3.63, 3.8) is 0 Å². The molecule has 0 saturated carbocycles. The normalized spacial score (nSPS) is 9.28. The van der Waals surface area contributed by atoms with Crippen LogP contribution in [0.2, 0.25) is 0 Å². The van der Waals surface area contributed by atoms with Gasteiger partial charge in [0.05, 0.1) is 0 Å². The lowest BCUT2D eigenvalue weighted by Crippen LogP contribution is -2.05. The van der Waals surface area contributed by atoms with Crippen molar-refractivity contribution in [2.45, 2.75) is 6.42 Å². The fourth-order valence-corrected chi connectivity index (χ4v) is 2.03. The van der Waals surface area contributed by atoms with Crippen LogP contribution in [0.4, 0.5) is 21.0 Å². The number of hydrogen-bond acceptors (Lipinski definition) is 2. The maximum absolute atomic E-state index is 11.1. The molecule has 0 aromatic heterocycles. The molecule has 0 unspecified atom stereocenters. The quantitative estimate of drug-likeness (QED) is 0.459. The summed E-state index contributed by atoms with van der Waals surface area (Å²) in [5.74, 6) is 0. The molecule has 4 amide bonds. The number of carbonyl (C=O) groups excluding carboxylic acids is 2. The molecular formula is C15H12N8O2. The van der Waals surface area contributed by atoms with Crippen LogP contribution in [0.5, 0.6) is 0 Å². The van der Waals surface area contributed by atoms with Crippen molar-refractivity contribution in [1.82, 2.24) is 0 Å². The standard InChI is InChI=1S/C15H12N8O2/c16-22-20-14(24)18-12-5-1-10(2-6-12)9-11-3-7-13(8-4-11)19-15(25)21-23-17/h1-8H,9H2,(H,18,24)(H,19,25). The molecule has 2 aromatic carbocycles. The number of nitrogens with one attached hydrogen (secondary N) is 2. The molecule has 25 heavy (non-hydrogen) atoms. The van der Waals surface area contributed by atoms with Crippen molar-refractivity contribution < 1.29 is 9.59 Å². The number of nitrogens with zero attached hydrogens (tertiary/aromatic N) is 6. The Labute approximate surface area is 141 Å². The van der Waals surface area contributed by atoms with Crippen molar-refractivity contribution in [2.75, 3.05) is 10.6 Å². The van der Waals surface area contributed by atoms with Crippen molar-refractivity contribution in [3.05, 3.63) is 80.5 Å². The Bertz CT molecular complexity index is 790. The third-order valence-electron chi connectivity index (χ3n) is 3.09. The van der Waals surface area contributed by atoms with Gasteiger partial charge in [0.25, 0.3) is 0 Å². The van der Waals surface area contributed by atoms with Crippen molar-refractivity contribution in [1.29, 1.82) is 0 Å². The monoisotopic (exact) mass is 336 g/mol. The number of anilines is 2. The fourth-order valence-electron chi connectivity index (χ4n) is 2.03. The predicted molar refractivity (Wildman–Crippen MR) is 92.0 cm³/mol. The molecule has 10 heteroatoms. The Morgan fingerprint density at radius 2 is 1.12 bits per heavy atom. The average molecular weight is 336 g/mol. The van der Waals surface area contributed by atoms with Crippen LogP contribution in [0.3, 0.4) is 0 Å². The first-order valence-corrected chi connectivity index (χ1v) is 7.01. The van der Waals surface area contributed by atoms with E-state index in [1.54, 1.807) is 24.3 Å². The van der Waals surface area contributed by atoms with Gasteiger partial charge in [0, 0.05) is 31.4 Å². The summed E-state index contributed by atoms with van der Waals surface area (Å²) >= 11 is 0. The Kier molecular flexibility index (Phi) is 5.96. The number of azide groups is 2. The zero-order valence-corrected chi connectivity index (χ0v) is 12.8. The first-order chi connectivity index (χ1) is 12.1. The van der Waals surface area contributed by atoms with Crippen LogP contribution in [0.1, 0.15) is 11.1 Å². The molecule has 0 heterocycles. The molecule has 0 aliphatic carbocycles. The molecule has 0 fully saturated rings. The summed E-state index contributed by atoms with van der Waals surface area (Å²) in [6, 6.07) is 12.6. The van der Waals surface area contributed by atoms with Crippen LogP contribution in [-0.2, 0) is 6.42 Å². The van der Waals surface area contributed by atoms with E-state index in [1.807, 2.05) is 24.3 Å². The van der Waals surface area contributed by atoms with E-state index in [4.69, 9.17) is 11.1 Å². The Balaban J connectivity index is 1.97. The molecule has 2 rings (SSSR count). The first-order valence-electron chi connectivity index (χ1n) is 7.01. The van der Waals surface area contributed by atoms with E-state index >= 15 is 0 Å². The van der Waals surface area contributed by atoms with Gasteiger partial charge >= 0.3 is 12.1 Å². The van der Waals surface area contributed by atoms with E-state index in [0.717, 1.165) is 11.1 Å². The lowest BCUT2D eigenvalue weighted by Gasteiger charge is -2.06. The second-order valence-electron chi connectivity index (χ2n) is 4.81. The average Bonchev–Trinajstić information content (AvgIpc) is 2.59. The van der Waals surface area contributed by atoms with Gasteiger partial charge in [-0.05, 0) is 52.9 Å². The predicted octanol–water partition coefficient (Wildman–Crippen LogP) is 4.96. The topological polar surface area (TPSA) is 156 Å². The summed E-state index contributed by atoms with van der Waals surface area (Å²) in [4.78, 5) is 27.1. The minimum absolute atomic E-state index is 0.525. The smallest absolute Gasteiger partial charge is 0.312 e. The number of hydrogen-bond donors (Lipinski definition) is 2. The third kappa shape index (κ3) is 5.61. The second-order valence-corrected chi connectivity index (χ2v) is 4.81. The minimum Gasteiger partial charge on any atom is -0.321 e. The molecule has 124 valence electrons. The summed E-state index contributed by atoms with van der Waals surface area (Å²) in [5.41, 5.74) is 19.4. The zero-order chi connectivity index (χ0) is 18.1. The highest BCUT2D eigenvalue weighted by Crippen LogP contribution is 2.16. The Morgan fingerprint density at radius 1 is 0.760 bits per heavy atom. The zero-order valence-electron chi connectivity index (χ0n) is 12.8. The van der Waals surface area contributed by atoms with Crippen LogP contribution < -0.4 is 10.6 Å². The molecule has 0 atom stereocenters. The number of rotatable bonds is 4. The van der Waals surface area contributed by atoms with E-state index in [0.29, 0.717) is 17.8 Å². The van der Waals surface area contributed by atoms with E-state index in [1.165, 1.54) is 0 Å². The lowest BCUT2D eigenvalue weighted by atomic mass is 10.0. The van der Waals surface area contributed by atoms with E-state index in [2.05, 4.69) is 30.7 Å². The van der Waals surface area contributed by atoms with Gasteiger partial charge in [-0.2, -0.15) is 0 Å². The van der Waals surface area contributed by atoms with Crippen molar-refractivity contribution in [3.8, 4) is 0 Å². The van der Waals surface area contributed by atoms with Gasteiger partial charge in [-0.3, -0.25) is 9.59 Å². The van der Waals surface area contributed by atoms with E-state index in [9.17, 15) is 9.59 Å². The van der Waals surface area contributed by atoms with Crippen LogP contribution in [0.15, 0.2) is 58.8 Å². The molecule has 0 saturated heterocycles. The van der Waals surface area contributed by atoms with Gasteiger partial charge in [0.2, 0.25) is 0 Å². The molecule has 0 aliphatic heterocycles. The molecule has 0 radical (unpaired) electrons. The largest absolute Gasteiger partial charge is 0.321 e. The van der Waals surface area contributed by atoms with Crippen LogP contribution in [0.25, 0.3) is 20.9 Å². The second kappa shape index (κ2) is 8.59. The molecule has 0 spiro atoms. The van der Waals surface area contributed by atoms with Crippen LogP contribution in [0, 0.1) is 0 Å². The van der Waals surface area contributed by atoms with Crippen LogP contribution in [-0.4, -0.2) is 12.1 Å². The van der Waals surface area contributed by atoms with Crippen LogP contribution >= 0.6 is 0 Å². The van der Waals surface area contributed by atoms with Gasteiger partial charge in [-0.25, -0.2) is 0 Å². The highest BCUT2D eigenvalue weighted by molar-refractivity contribution is 5.90. The first kappa shape index (κ1) is 17.4. The molecule has 2 N–H and O–H groups in total. The Hall–Kier alpha value is -4.00. The Morgan fingerprint density at radius 3 is 1.44 bits per heavy atom. The SMILES string of the molecule is [N-]=[N+]=NC(=O)Nc1ccc(Cc2ccc(NC(=O)N=[N+]=[N-])cc2)cc1. The molecule has 10 nitrogen and oxygen atoms in total. The highest BCUT2D eigenvalue weighted by atomic mass is 16.2. The minimum atomic E-state index is -0.770. The fraction of sp³-hybridized carbons (Fsp3) is 0.0667.